The van der Waals surface area contributed by atoms with Gasteiger partial charge in [-0.05, 0) is 36.2 Å². The fourth-order valence-electron chi connectivity index (χ4n) is 3.26. The summed E-state index contributed by atoms with van der Waals surface area (Å²) in [6.45, 7) is 0.223. The molecule has 1 aliphatic heterocycles. The van der Waals surface area contributed by atoms with Crippen LogP contribution in [0.25, 0.3) is 0 Å². The molecule has 1 saturated heterocycles. The zero-order valence-corrected chi connectivity index (χ0v) is 18.1. The second kappa shape index (κ2) is 8.49. The Morgan fingerprint density at radius 2 is 1.86 bits per heavy atom. The smallest absolute Gasteiger partial charge is 0.254 e. The third kappa shape index (κ3) is 4.74. The van der Waals surface area contributed by atoms with Gasteiger partial charge in [0, 0.05) is 23.2 Å². The molecule has 1 aliphatic rings. The predicted octanol–water partition coefficient (Wildman–Crippen LogP) is 4.48. The van der Waals surface area contributed by atoms with Gasteiger partial charge in [0.25, 0.3) is 5.91 Å². The Morgan fingerprint density at radius 3 is 2.39 bits per heavy atom. The Labute approximate surface area is 179 Å². The quantitative estimate of drug-likeness (QED) is 0.657. The van der Waals surface area contributed by atoms with E-state index in [4.69, 9.17) is 39.5 Å². The lowest BCUT2D eigenvalue weighted by atomic mass is 10.1. The Morgan fingerprint density at radius 1 is 1.18 bits per heavy atom. The fourth-order valence-corrected chi connectivity index (χ4v) is 5.85. The molecule has 1 heterocycles. The number of benzene rings is 2. The van der Waals surface area contributed by atoms with Gasteiger partial charge < -0.3 is 9.64 Å². The van der Waals surface area contributed by atoms with Crippen LogP contribution < -0.4 is 4.74 Å². The molecule has 2 aromatic carbocycles. The molecule has 0 saturated carbocycles. The van der Waals surface area contributed by atoms with Gasteiger partial charge in [-0.1, -0.05) is 46.9 Å². The van der Waals surface area contributed by atoms with Crippen molar-refractivity contribution in [1.29, 1.82) is 0 Å². The minimum atomic E-state index is -3.18. The maximum Gasteiger partial charge on any atom is 0.254 e. The summed E-state index contributed by atoms with van der Waals surface area (Å²) in [5, 5.41) is 0.958. The van der Waals surface area contributed by atoms with Crippen LogP contribution in [0.3, 0.4) is 0 Å². The van der Waals surface area contributed by atoms with E-state index in [0.29, 0.717) is 11.4 Å². The molecule has 0 N–H and O–H groups in total. The van der Waals surface area contributed by atoms with E-state index in [1.807, 2.05) is 6.07 Å². The maximum absolute atomic E-state index is 13.3. The fraction of sp³-hybridized carbons (Fsp3) is 0.316. The van der Waals surface area contributed by atoms with Crippen LogP contribution in [-0.4, -0.2) is 43.9 Å². The van der Waals surface area contributed by atoms with E-state index in [0.717, 1.165) is 5.56 Å². The largest absolute Gasteiger partial charge is 0.494 e. The van der Waals surface area contributed by atoms with Crippen molar-refractivity contribution in [3.8, 4) is 5.75 Å². The molecular weight excluding hydrogens is 445 g/mol. The average Bonchev–Trinajstić information content (AvgIpc) is 2.98. The molecule has 2 aromatic rings. The zero-order valence-electron chi connectivity index (χ0n) is 15.0. The van der Waals surface area contributed by atoms with E-state index >= 15 is 0 Å². The number of ether oxygens (including phenoxy) is 1. The van der Waals surface area contributed by atoms with Crippen LogP contribution >= 0.6 is 34.8 Å². The van der Waals surface area contributed by atoms with Gasteiger partial charge in [-0.2, -0.15) is 0 Å². The molecule has 28 heavy (non-hydrogen) atoms. The van der Waals surface area contributed by atoms with E-state index < -0.39 is 15.9 Å². The monoisotopic (exact) mass is 461 g/mol. The molecule has 3 rings (SSSR count). The normalized spacial score (nSPS) is 18.1. The van der Waals surface area contributed by atoms with Crippen LogP contribution in [0.5, 0.6) is 5.75 Å². The van der Waals surface area contributed by atoms with Crippen LogP contribution in [0, 0.1) is 0 Å². The van der Waals surface area contributed by atoms with Gasteiger partial charge in [0.1, 0.15) is 0 Å². The minimum Gasteiger partial charge on any atom is -0.494 e. The Bertz CT molecular complexity index is 987. The molecule has 9 heteroatoms. The molecule has 1 fully saturated rings. The van der Waals surface area contributed by atoms with Crippen LogP contribution in [0.2, 0.25) is 15.1 Å². The molecular formula is C19H18Cl3NO4S. The van der Waals surface area contributed by atoms with E-state index in [-0.39, 0.29) is 45.3 Å². The summed E-state index contributed by atoms with van der Waals surface area (Å²) < 4.78 is 29.1. The number of hydrogen-bond donors (Lipinski definition) is 0. The lowest BCUT2D eigenvalue weighted by molar-refractivity contribution is 0.0681. The highest BCUT2D eigenvalue weighted by atomic mass is 35.5. The standard InChI is InChI=1S/C19H18Cl3NO4S/c1-27-18-16(21)8-13(9-17(18)22)19(24)23(15-5-6-28(25,26)11-15)10-12-3-2-4-14(20)7-12/h2-4,7-9,15H,5-6,10-11H2,1H3. The number of carbonyl (C=O) groups is 1. The van der Waals surface area contributed by atoms with Crippen molar-refractivity contribution in [3.63, 3.8) is 0 Å². The average molecular weight is 463 g/mol. The minimum absolute atomic E-state index is 0.0567. The summed E-state index contributed by atoms with van der Waals surface area (Å²) in [5.41, 5.74) is 1.07. The Hall–Kier alpha value is -1.47. The number of halogens is 3. The SMILES string of the molecule is COc1c(Cl)cc(C(=O)N(Cc2cccc(Cl)c2)C2CCS(=O)(=O)C2)cc1Cl. The van der Waals surface area contributed by atoms with Crippen LogP contribution in [-0.2, 0) is 16.4 Å². The Balaban J connectivity index is 1.97. The molecule has 150 valence electrons. The summed E-state index contributed by atoms with van der Waals surface area (Å²) in [6, 6.07) is 9.62. The van der Waals surface area contributed by atoms with Gasteiger partial charge >= 0.3 is 0 Å². The molecule has 0 aromatic heterocycles. The first-order chi connectivity index (χ1) is 13.2. The number of nitrogens with zero attached hydrogens (tertiary/aromatic N) is 1. The van der Waals surface area contributed by atoms with Crippen LogP contribution in [0.15, 0.2) is 36.4 Å². The summed E-state index contributed by atoms with van der Waals surface area (Å²) in [6.07, 6.45) is 0.381. The lowest BCUT2D eigenvalue weighted by Gasteiger charge is -2.29. The molecule has 1 amide bonds. The summed E-state index contributed by atoms with van der Waals surface area (Å²) >= 11 is 18.4. The first-order valence-corrected chi connectivity index (χ1v) is 11.4. The second-order valence-corrected chi connectivity index (χ2v) is 10.1. The second-order valence-electron chi connectivity index (χ2n) is 6.59. The van der Waals surface area contributed by atoms with Crippen molar-refractivity contribution < 1.29 is 17.9 Å². The molecule has 0 radical (unpaired) electrons. The molecule has 1 atom stereocenters. The topological polar surface area (TPSA) is 63.7 Å². The van der Waals surface area contributed by atoms with Crippen molar-refractivity contribution in [2.75, 3.05) is 18.6 Å². The lowest BCUT2D eigenvalue weighted by Crippen LogP contribution is -2.40. The molecule has 1 unspecified atom stereocenters. The summed E-state index contributed by atoms with van der Waals surface area (Å²) in [7, 11) is -1.74. The summed E-state index contributed by atoms with van der Waals surface area (Å²) in [5.74, 6) is -0.0869. The van der Waals surface area contributed by atoms with Gasteiger partial charge in [-0.15, -0.1) is 0 Å². The van der Waals surface area contributed by atoms with Gasteiger partial charge in [-0.3, -0.25) is 4.79 Å². The highest BCUT2D eigenvalue weighted by molar-refractivity contribution is 7.91. The van der Waals surface area contributed by atoms with E-state index in [1.165, 1.54) is 19.2 Å². The van der Waals surface area contributed by atoms with Gasteiger partial charge in [0.2, 0.25) is 0 Å². The highest BCUT2D eigenvalue weighted by Gasteiger charge is 2.35. The zero-order chi connectivity index (χ0) is 20.5. The van der Waals surface area contributed by atoms with E-state index in [1.54, 1.807) is 23.1 Å². The molecule has 5 nitrogen and oxygen atoms in total. The number of rotatable bonds is 5. The summed E-state index contributed by atoms with van der Waals surface area (Å²) in [4.78, 5) is 14.8. The van der Waals surface area contributed by atoms with Gasteiger partial charge in [-0.25, -0.2) is 8.42 Å². The van der Waals surface area contributed by atoms with Crippen molar-refractivity contribution >= 4 is 50.5 Å². The maximum atomic E-state index is 13.3. The first kappa shape index (κ1) is 21.2. The van der Waals surface area contributed by atoms with Crippen molar-refractivity contribution in [2.45, 2.75) is 19.0 Å². The van der Waals surface area contributed by atoms with Crippen LogP contribution in [0.4, 0.5) is 0 Å². The van der Waals surface area contributed by atoms with E-state index in [2.05, 4.69) is 0 Å². The number of hydrogen-bond acceptors (Lipinski definition) is 4. The third-order valence-corrected chi connectivity index (χ3v) is 7.15. The molecule has 0 bridgehead atoms. The molecule has 0 aliphatic carbocycles. The number of sulfone groups is 1. The van der Waals surface area contributed by atoms with Gasteiger partial charge in [0.15, 0.2) is 15.6 Å². The van der Waals surface area contributed by atoms with E-state index in [9.17, 15) is 13.2 Å². The number of methoxy groups -OCH3 is 1. The number of amides is 1. The highest BCUT2D eigenvalue weighted by Crippen LogP contribution is 2.35. The number of carbonyl (C=O) groups excluding carboxylic acids is 1. The molecule has 0 spiro atoms. The first-order valence-electron chi connectivity index (χ1n) is 8.49. The third-order valence-electron chi connectivity index (χ3n) is 4.60. The van der Waals surface area contributed by atoms with Gasteiger partial charge in [0.05, 0.1) is 28.7 Å². The van der Waals surface area contributed by atoms with Crippen LogP contribution in [0.1, 0.15) is 22.3 Å². The predicted molar refractivity (Wildman–Crippen MR) is 111 cm³/mol. The van der Waals surface area contributed by atoms with Crippen molar-refractivity contribution in [2.24, 2.45) is 0 Å². The van der Waals surface area contributed by atoms with Crippen molar-refractivity contribution in [1.82, 2.24) is 4.90 Å². The Kier molecular flexibility index (Phi) is 6.44. The van der Waals surface area contributed by atoms with Crippen molar-refractivity contribution in [3.05, 3.63) is 62.6 Å².